The average molecular weight is 530 g/mol. The van der Waals surface area contributed by atoms with E-state index >= 15 is 0 Å². The zero-order valence-electron chi connectivity index (χ0n) is 22.7. The van der Waals surface area contributed by atoms with Crippen LogP contribution in [0, 0.1) is 0 Å². The maximum atomic E-state index is 13.7. The molecule has 40 heavy (non-hydrogen) atoms. The SMILES string of the molecule is C=C(CN1C(=O)c2cccc3cccc(c23)C1=O)N(c1ccccc1)C1CC(C)N(C(=O)CC)c2ccccc21. The molecule has 6 nitrogen and oxygen atoms in total. The van der Waals surface area contributed by atoms with Gasteiger partial charge in [0.05, 0.1) is 12.6 Å². The summed E-state index contributed by atoms with van der Waals surface area (Å²) in [5.41, 5.74) is 4.49. The molecule has 0 fully saturated rings. The summed E-state index contributed by atoms with van der Waals surface area (Å²) in [6.45, 7) is 8.43. The van der Waals surface area contributed by atoms with Crippen molar-refractivity contribution in [1.82, 2.24) is 4.90 Å². The monoisotopic (exact) mass is 529 g/mol. The fourth-order valence-electron chi connectivity index (χ4n) is 6.23. The zero-order chi connectivity index (χ0) is 28.0. The van der Waals surface area contributed by atoms with Crippen LogP contribution in [0.15, 0.2) is 103 Å². The van der Waals surface area contributed by atoms with Crippen molar-refractivity contribution in [1.29, 1.82) is 0 Å². The number of rotatable bonds is 6. The van der Waals surface area contributed by atoms with Gasteiger partial charge in [0.15, 0.2) is 0 Å². The van der Waals surface area contributed by atoms with Crippen LogP contribution in [0.4, 0.5) is 11.4 Å². The van der Waals surface area contributed by atoms with E-state index in [4.69, 9.17) is 0 Å². The van der Waals surface area contributed by atoms with Gasteiger partial charge in [-0.2, -0.15) is 0 Å². The number of anilines is 2. The van der Waals surface area contributed by atoms with E-state index in [9.17, 15) is 14.4 Å². The van der Waals surface area contributed by atoms with Gasteiger partial charge in [-0.05, 0) is 54.6 Å². The molecule has 0 aliphatic carbocycles. The van der Waals surface area contributed by atoms with Crippen molar-refractivity contribution in [3.63, 3.8) is 0 Å². The van der Waals surface area contributed by atoms with Crippen LogP contribution in [0.1, 0.15) is 59.0 Å². The van der Waals surface area contributed by atoms with Crippen molar-refractivity contribution < 1.29 is 14.4 Å². The first kappa shape index (κ1) is 25.6. The Kier molecular flexibility index (Phi) is 6.46. The van der Waals surface area contributed by atoms with Gasteiger partial charge in [0.25, 0.3) is 11.8 Å². The Morgan fingerprint density at radius 1 is 0.875 bits per heavy atom. The Balaban J connectivity index is 1.40. The number of carbonyl (C=O) groups excluding carboxylic acids is 3. The molecule has 0 saturated carbocycles. The van der Waals surface area contributed by atoms with Gasteiger partial charge in [0.1, 0.15) is 0 Å². The molecule has 2 heterocycles. The molecular weight excluding hydrogens is 498 g/mol. The lowest BCUT2D eigenvalue weighted by atomic mass is 9.89. The number of imide groups is 1. The number of carbonyl (C=O) groups is 3. The summed E-state index contributed by atoms with van der Waals surface area (Å²) in [4.78, 5) is 45.7. The molecule has 0 spiro atoms. The second-order valence-corrected chi connectivity index (χ2v) is 10.5. The number of benzene rings is 4. The minimum Gasteiger partial charge on any atom is -0.336 e. The summed E-state index contributed by atoms with van der Waals surface area (Å²) >= 11 is 0. The lowest BCUT2D eigenvalue weighted by Gasteiger charge is -2.45. The number of hydrogen-bond acceptors (Lipinski definition) is 4. The van der Waals surface area contributed by atoms with Crippen molar-refractivity contribution in [2.75, 3.05) is 16.3 Å². The second kappa shape index (κ2) is 10.1. The molecule has 6 heteroatoms. The molecule has 6 rings (SSSR count). The fraction of sp³-hybridized carbons (Fsp3) is 0.206. The highest BCUT2D eigenvalue weighted by atomic mass is 16.2. The third-order valence-electron chi connectivity index (χ3n) is 8.01. The highest BCUT2D eigenvalue weighted by Crippen LogP contribution is 2.44. The summed E-state index contributed by atoms with van der Waals surface area (Å²) in [7, 11) is 0. The van der Waals surface area contributed by atoms with Gasteiger partial charge in [-0.25, -0.2) is 0 Å². The van der Waals surface area contributed by atoms with E-state index in [0.717, 1.165) is 22.3 Å². The zero-order valence-corrected chi connectivity index (χ0v) is 22.7. The predicted octanol–water partition coefficient (Wildman–Crippen LogP) is 6.73. The number of fused-ring (bicyclic) bond motifs is 1. The normalized spacial score (nSPS) is 18.1. The molecule has 2 aliphatic heterocycles. The molecule has 0 aromatic heterocycles. The Labute approximate surface area is 234 Å². The second-order valence-electron chi connectivity index (χ2n) is 10.5. The molecule has 0 radical (unpaired) electrons. The summed E-state index contributed by atoms with van der Waals surface area (Å²) in [6.07, 6.45) is 1.09. The Morgan fingerprint density at radius 2 is 1.50 bits per heavy atom. The number of hydrogen-bond donors (Lipinski definition) is 0. The highest BCUT2D eigenvalue weighted by molar-refractivity contribution is 6.25. The van der Waals surface area contributed by atoms with E-state index in [2.05, 4.69) is 24.5 Å². The molecule has 3 amide bonds. The maximum absolute atomic E-state index is 13.7. The summed E-state index contributed by atoms with van der Waals surface area (Å²) in [5, 5.41) is 1.58. The summed E-state index contributed by atoms with van der Waals surface area (Å²) < 4.78 is 0. The van der Waals surface area contributed by atoms with Crippen LogP contribution in [0.3, 0.4) is 0 Å². The van der Waals surface area contributed by atoms with E-state index < -0.39 is 0 Å². The third-order valence-corrected chi connectivity index (χ3v) is 8.01. The Morgan fingerprint density at radius 3 is 2.15 bits per heavy atom. The summed E-state index contributed by atoms with van der Waals surface area (Å²) in [6, 6.07) is 28.8. The van der Waals surface area contributed by atoms with E-state index in [1.165, 1.54) is 4.90 Å². The van der Waals surface area contributed by atoms with E-state index in [1.54, 1.807) is 12.1 Å². The number of para-hydroxylation sites is 2. The lowest BCUT2D eigenvalue weighted by Crippen LogP contribution is -2.48. The van der Waals surface area contributed by atoms with Gasteiger partial charge in [0.2, 0.25) is 5.91 Å². The molecule has 0 bridgehead atoms. The van der Waals surface area contributed by atoms with Crippen LogP contribution >= 0.6 is 0 Å². The molecule has 4 aromatic rings. The predicted molar refractivity (Wildman–Crippen MR) is 158 cm³/mol. The van der Waals surface area contributed by atoms with Crippen LogP contribution < -0.4 is 9.80 Å². The van der Waals surface area contributed by atoms with Crippen molar-refractivity contribution >= 4 is 39.9 Å². The first-order valence-electron chi connectivity index (χ1n) is 13.7. The standard InChI is InChI=1S/C34H31N3O3/c1-4-31(38)37-22(2)20-30(26-16-8-9-19-29(26)37)36(25-14-6-5-7-15-25)23(3)21-35-33(39)27-17-10-12-24-13-11-18-28(32(24)27)34(35)40/h5-19,22,30H,3-4,20-21H2,1-2H3. The van der Waals surface area contributed by atoms with E-state index in [1.807, 2.05) is 84.6 Å². The van der Waals surface area contributed by atoms with Gasteiger partial charge in [-0.3, -0.25) is 19.3 Å². The molecule has 2 aliphatic rings. The highest BCUT2D eigenvalue weighted by Gasteiger charge is 2.39. The van der Waals surface area contributed by atoms with Gasteiger partial charge in [-0.15, -0.1) is 0 Å². The van der Waals surface area contributed by atoms with Crippen LogP contribution in [0.2, 0.25) is 0 Å². The van der Waals surface area contributed by atoms with Gasteiger partial charge < -0.3 is 9.80 Å². The molecular formula is C34H31N3O3. The Hall–Kier alpha value is -4.71. The average Bonchev–Trinajstić information content (AvgIpc) is 2.98. The largest absolute Gasteiger partial charge is 0.336 e. The molecule has 4 aromatic carbocycles. The van der Waals surface area contributed by atoms with Crippen LogP contribution in [0.25, 0.3) is 10.8 Å². The van der Waals surface area contributed by atoms with Gasteiger partial charge in [0, 0.05) is 46.0 Å². The van der Waals surface area contributed by atoms with Crippen molar-refractivity contribution in [2.24, 2.45) is 0 Å². The molecule has 200 valence electrons. The Bertz CT molecular complexity index is 1610. The first-order chi connectivity index (χ1) is 19.4. The quantitative estimate of drug-likeness (QED) is 0.260. The fourth-order valence-corrected chi connectivity index (χ4v) is 6.23. The van der Waals surface area contributed by atoms with E-state index in [0.29, 0.717) is 35.1 Å². The van der Waals surface area contributed by atoms with Gasteiger partial charge in [-0.1, -0.05) is 74.2 Å². The minimum absolute atomic E-state index is 0.0436. The summed E-state index contributed by atoms with van der Waals surface area (Å²) in [5.74, 6) is -0.554. The van der Waals surface area contributed by atoms with Gasteiger partial charge >= 0.3 is 0 Å². The third kappa shape index (κ3) is 4.08. The smallest absolute Gasteiger partial charge is 0.261 e. The molecule has 2 atom stereocenters. The van der Waals surface area contributed by atoms with Crippen molar-refractivity contribution in [3.8, 4) is 0 Å². The van der Waals surface area contributed by atoms with Crippen LogP contribution in [-0.2, 0) is 4.79 Å². The lowest BCUT2D eigenvalue weighted by molar-refractivity contribution is -0.118. The van der Waals surface area contributed by atoms with E-state index in [-0.39, 0.29) is 36.3 Å². The minimum atomic E-state index is -0.319. The van der Waals surface area contributed by atoms with Crippen LogP contribution in [0.5, 0.6) is 0 Å². The topological polar surface area (TPSA) is 60.9 Å². The first-order valence-corrected chi connectivity index (χ1v) is 13.7. The molecule has 2 unspecified atom stereocenters. The molecule has 0 N–H and O–H groups in total. The van der Waals surface area contributed by atoms with Crippen LogP contribution in [-0.4, -0.2) is 35.2 Å². The molecule has 0 saturated heterocycles. The van der Waals surface area contributed by atoms with Crippen molar-refractivity contribution in [2.45, 2.75) is 38.8 Å². The van der Waals surface area contributed by atoms with Crippen molar-refractivity contribution in [3.05, 3.63) is 120 Å². The number of amides is 3. The number of nitrogens with zero attached hydrogens (tertiary/aromatic N) is 3. The maximum Gasteiger partial charge on any atom is 0.261 e.